The minimum atomic E-state index is -0.549. The summed E-state index contributed by atoms with van der Waals surface area (Å²) in [6.07, 6.45) is 30.2. The van der Waals surface area contributed by atoms with Crippen molar-refractivity contribution in [1.29, 1.82) is 0 Å². The first-order valence-corrected chi connectivity index (χ1v) is 11.2. The van der Waals surface area contributed by atoms with E-state index in [9.17, 15) is 0 Å². The molecule has 0 aromatic rings. The quantitative estimate of drug-likeness (QED) is 0.666. The van der Waals surface area contributed by atoms with Crippen LogP contribution in [-0.2, 0) is 0 Å². The largest absolute Gasteiger partial charge is 0.240 e. The molecule has 0 nitrogen and oxygen atoms in total. The van der Waals surface area contributed by atoms with Gasteiger partial charge >= 0.3 is 0 Å². The predicted molar refractivity (Wildman–Crippen MR) is 96.0 cm³/mol. The van der Waals surface area contributed by atoms with Gasteiger partial charge in [-0.3, -0.25) is 0 Å². The molecule has 0 aromatic heterocycles. The fraction of sp³-hybridized carbons (Fsp3) is 0.600. The van der Waals surface area contributed by atoms with Crippen molar-refractivity contribution in [3.05, 3.63) is 48.6 Å². The van der Waals surface area contributed by atoms with Crippen LogP contribution in [0.1, 0.15) is 25.7 Å². The highest BCUT2D eigenvalue weighted by molar-refractivity contribution is 8.33. The second kappa shape index (κ2) is 5.19. The molecule has 2 fully saturated rings. The van der Waals surface area contributed by atoms with Crippen LogP contribution in [0.2, 0.25) is 0 Å². The van der Waals surface area contributed by atoms with Crippen LogP contribution in [0, 0.1) is 23.7 Å². The Morgan fingerprint density at radius 3 is 1.52 bits per heavy atom. The number of hydrogen-bond acceptors (Lipinski definition) is 0. The van der Waals surface area contributed by atoms with Crippen LogP contribution in [0.5, 0.6) is 0 Å². The number of allylic oxidation sites excluding steroid dienone is 8. The molecular weight excluding hydrogens is 272 g/mol. The number of hydrogen-bond donors (Lipinski definition) is 0. The van der Waals surface area contributed by atoms with E-state index in [1.54, 1.807) is 0 Å². The van der Waals surface area contributed by atoms with E-state index in [1.165, 1.54) is 25.7 Å². The molecule has 0 N–H and O–H groups in total. The van der Waals surface area contributed by atoms with E-state index in [0.717, 1.165) is 34.2 Å². The van der Waals surface area contributed by atoms with Crippen LogP contribution in [0.25, 0.3) is 0 Å². The molecule has 1 heteroatoms. The smallest absolute Gasteiger partial charge is 0.00451 e. The topological polar surface area (TPSA) is 0 Å². The van der Waals surface area contributed by atoms with Crippen molar-refractivity contribution >= 4 is 10.0 Å². The van der Waals surface area contributed by atoms with Crippen molar-refractivity contribution in [3.63, 3.8) is 0 Å². The standard InChI is InChI=1S/C20H28S/c1-21(2,19-13-11-15-7-3-5-9-17(15)19)20-14-12-16-8-4-6-10-18(16)20/h3-10,15-20H,11-14H2,1-2H3. The van der Waals surface area contributed by atoms with Gasteiger partial charge in [0.25, 0.3) is 0 Å². The first-order valence-electron chi connectivity index (χ1n) is 8.59. The van der Waals surface area contributed by atoms with Gasteiger partial charge in [0.1, 0.15) is 0 Å². The molecule has 2 saturated carbocycles. The maximum absolute atomic E-state index is 2.66. The molecule has 0 bridgehead atoms. The highest BCUT2D eigenvalue weighted by atomic mass is 32.3. The molecule has 4 rings (SSSR count). The van der Waals surface area contributed by atoms with Crippen molar-refractivity contribution in [1.82, 2.24) is 0 Å². The summed E-state index contributed by atoms with van der Waals surface area (Å²) in [5, 5.41) is 1.90. The lowest BCUT2D eigenvalue weighted by Gasteiger charge is -2.48. The molecular formula is C20H28S. The Hall–Kier alpha value is -0.690. The molecule has 0 radical (unpaired) electrons. The average Bonchev–Trinajstić information content (AvgIpc) is 3.12. The molecule has 21 heavy (non-hydrogen) atoms. The van der Waals surface area contributed by atoms with E-state index in [4.69, 9.17) is 0 Å². The van der Waals surface area contributed by atoms with Crippen LogP contribution in [0.15, 0.2) is 48.6 Å². The number of fused-ring (bicyclic) bond motifs is 2. The first kappa shape index (κ1) is 13.9. The lowest BCUT2D eigenvalue weighted by Crippen LogP contribution is -2.33. The summed E-state index contributed by atoms with van der Waals surface area (Å²) in [5.41, 5.74) is 0. The third-order valence-corrected chi connectivity index (χ3v) is 10.8. The Morgan fingerprint density at radius 2 is 1.05 bits per heavy atom. The maximum atomic E-state index is 2.66. The molecule has 0 aliphatic heterocycles. The Labute approximate surface area is 131 Å². The fourth-order valence-electron chi connectivity index (χ4n) is 5.46. The monoisotopic (exact) mass is 300 g/mol. The molecule has 0 heterocycles. The summed E-state index contributed by atoms with van der Waals surface area (Å²) in [5.74, 6) is 3.35. The van der Waals surface area contributed by atoms with Crippen molar-refractivity contribution in [3.8, 4) is 0 Å². The second-order valence-corrected chi connectivity index (χ2v) is 11.9. The summed E-state index contributed by atoms with van der Waals surface area (Å²) in [7, 11) is -0.549. The Morgan fingerprint density at radius 1 is 0.619 bits per heavy atom. The van der Waals surface area contributed by atoms with Crippen LogP contribution in [0.3, 0.4) is 0 Å². The summed E-state index contributed by atoms with van der Waals surface area (Å²) < 4.78 is 0. The molecule has 114 valence electrons. The van der Waals surface area contributed by atoms with Crippen molar-refractivity contribution < 1.29 is 0 Å². The predicted octanol–water partition coefficient (Wildman–Crippen LogP) is 5.09. The average molecular weight is 301 g/mol. The lowest BCUT2D eigenvalue weighted by atomic mass is 9.91. The lowest BCUT2D eigenvalue weighted by molar-refractivity contribution is 0.542. The molecule has 4 aliphatic carbocycles. The van der Waals surface area contributed by atoms with Gasteiger partial charge in [-0.2, -0.15) is 0 Å². The second-order valence-electron chi connectivity index (χ2n) is 7.74. The van der Waals surface area contributed by atoms with Gasteiger partial charge in [0.2, 0.25) is 0 Å². The highest BCUT2D eigenvalue weighted by Gasteiger charge is 2.48. The molecule has 0 aromatic carbocycles. The van der Waals surface area contributed by atoms with E-state index >= 15 is 0 Å². The Balaban J connectivity index is 1.59. The van der Waals surface area contributed by atoms with Gasteiger partial charge in [0, 0.05) is 0 Å². The minimum Gasteiger partial charge on any atom is -0.240 e. The summed E-state index contributed by atoms with van der Waals surface area (Å²) >= 11 is 0. The van der Waals surface area contributed by atoms with Gasteiger partial charge in [-0.1, -0.05) is 48.6 Å². The zero-order chi connectivity index (χ0) is 14.4. The third kappa shape index (κ3) is 2.20. The summed E-state index contributed by atoms with van der Waals surface area (Å²) in [4.78, 5) is 0. The van der Waals surface area contributed by atoms with E-state index in [0.29, 0.717) is 0 Å². The van der Waals surface area contributed by atoms with Gasteiger partial charge in [0.05, 0.1) is 0 Å². The summed E-state index contributed by atoms with van der Waals surface area (Å²) in [6, 6.07) is 0. The van der Waals surface area contributed by atoms with Crippen LogP contribution >= 0.6 is 10.0 Å². The van der Waals surface area contributed by atoms with E-state index < -0.39 is 10.0 Å². The zero-order valence-corrected chi connectivity index (χ0v) is 14.1. The molecule has 0 spiro atoms. The van der Waals surface area contributed by atoms with E-state index in [1.807, 2.05) is 0 Å². The third-order valence-electron chi connectivity index (χ3n) is 6.58. The van der Waals surface area contributed by atoms with Crippen LogP contribution in [-0.4, -0.2) is 23.0 Å². The molecule has 0 amide bonds. The molecule has 0 saturated heterocycles. The molecule has 6 atom stereocenters. The minimum absolute atomic E-state index is 0.549. The van der Waals surface area contributed by atoms with Gasteiger partial charge in [-0.15, -0.1) is 0 Å². The van der Waals surface area contributed by atoms with Crippen molar-refractivity contribution in [2.24, 2.45) is 23.7 Å². The molecule has 4 aliphatic rings. The Bertz CT molecular complexity index is 476. The Kier molecular flexibility index (Phi) is 3.45. The summed E-state index contributed by atoms with van der Waals surface area (Å²) in [6.45, 7) is 0. The normalized spacial score (nSPS) is 44.9. The highest BCUT2D eigenvalue weighted by Crippen LogP contribution is 2.65. The van der Waals surface area contributed by atoms with E-state index in [-0.39, 0.29) is 0 Å². The van der Waals surface area contributed by atoms with Gasteiger partial charge in [-0.25, -0.2) is 10.0 Å². The first-order chi connectivity index (χ1) is 10.2. The molecule has 6 unspecified atom stereocenters. The van der Waals surface area contributed by atoms with Gasteiger partial charge < -0.3 is 0 Å². The van der Waals surface area contributed by atoms with Gasteiger partial charge in [-0.05, 0) is 72.4 Å². The fourth-order valence-corrected chi connectivity index (χ4v) is 9.60. The van der Waals surface area contributed by atoms with Crippen LogP contribution in [0.4, 0.5) is 0 Å². The zero-order valence-electron chi connectivity index (χ0n) is 13.3. The van der Waals surface area contributed by atoms with Crippen LogP contribution < -0.4 is 0 Å². The SMILES string of the molecule is CS(C)(C1CCC2C=CC=CC21)C1CCC2C=CC=CC21. The van der Waals surface area contributed by atoms with Crippen molar-refractivity contribution in [2.45, 2.75) is 36.2 Å². The maximum Gasteiger partial charge on any atom is -0.00451 e. The van der Waals surface area contributed by atoms with Gasteiger partial charge in [0.15, 0.2) is 0 Å². The number of rotatable bonds is 2. The van der Waals surface area contributed by atoms with Crippen molar-refractivity contribution in [2.75, 3.05) is 12.5 Å². The van der Waals surface area contributed by atoms with E-state index in [2.05, 4.69) is 61.1 Å².